The number of nitrogens with zero attached hydrogens (tertiary/aromatic N) is 6. The van der Waals surface area contributed by atoms with Crippen LogP contribution in [0.15, 0.2) is 34.5 Å². The van der Waals surface area contributed by atoms with Gasteiger partial charge in [0.05, 0.1) is 64.9 Å². The molecule has 35 heavy (non-hydrogen) atoms. The van der Waals surface area contributed by atoms with E-state index in [4.69, 9.17) is 49.0 Å². The molecule has 1 fully saturated rings. The highest BCUT2D eigenvalue weighted by Gasteiger charge is 2.40. The summed E-state index contributed by atoms with van der Waals surface area (Å²) < 4.78 is 46.4. The van der Waals surface area contributed by atoms with E-state index in [2.05, 4.69) is 20.1 Å². The molecule has 0 amide bonds. The lowest BCUT2D eigenvalue weighted by atomic mass is 10.0. The average Bonchev–Trinajstić information content (AvgIpc) is 3.04. The fourth-order valence-electron chi connectivity index (χ4n) is 3.58. The first kappa shape index (κ1) is 26.8. The predicted octanol–water partition coefficient (Wildman–Crippen LogP) is 2.62. The number of rotatable bonds is 4. The van der Waals surface area contributed by atoms with Crippen LogP contribution in [-0.2, 0) is 28.4 Å². The second-order valence-corrected chi connectivity index (χ2v) is 7.39. The zero-order valence-electron chi connectivity index (χ0n) is 19.3. The van der Waals surface area contributed by atoms with Gasteiger partial charge in [-0.25, -0.2) is 0 Å². The van der Waals surface area contributed by atoms with Crippen LogP contribution in [0.1, 0.15) is 0 Å². The Kier molecular flexibility index (Phi) is 12.2. The number of ether oxygens (including phenoxy) is 8. The van der Waals surface area contributed by atoms with Crippen molar-refractivity contribution in [1.29, 1.82) is 0 Å². The predicted molar refractivity (Wildman–Crippen MR) is 121 cm³/mol. The number of fused-ring (bicyclic) bond motifs is 2. The summed E-state index contributed by atoms with van der Waals surface area (Å²) in [6, 6.07) is 7.40. The Morgan fingerprint density at radius 2 is 1.11 bits per heavy atom. The van der Waals surface area contributed by atoms with Gasteiger partial charge in [-0.05, 0) is 23.2 Å². The van der Waals surface area contributed by atoms with E-state index in [1.54, 1.807) is 0 Å². The highest BCUT2D eigenvalue weighted by molar-refractivity contribution is 5.39. The highest BCUT2D eigenvalue weighted by atomic mass is 16.7. The summed E-state index contributed by atoms with van der Waals surface area (Å²) in [7, 11) is 0. The van der Waals surface area contributed by atoms with Gasteiger partial charge in [-0.2, -0.15) is 0 Å². The van der Waals surface area contributed by atoms with E-state index in [1.807, 2.05) is 24.3 Å². The fraction of sp³-hybridized carbons (Fsp3) is 0.714. The lowest BCUT2D eigenvalue weighted by molar-refractivity contribution is -0.140. The molecule has 1 saturated heterocycles. The molecule has 0 bridgehead atoms. The molecule has 2 aliphatic rings. The van der Waals surface area contributed by atoms with Gasteiger partial charge in [0.2, 0.25) is 0 Å². The van der Waals surface area contributed by atoms with Crippen LogP contribution in [0, 0.1) is 0 Å². The van der Waals surface area contributed by atoms with Crippen molar-refractivity contribution >= 4 is 0 Å². The third-order valence-electron chi connectivity index (χ3n) is 5.17. The zero-order valence-corrected chi connectivity index (χ0v) is 19.3. The molecule has 0 N–H and O–H groups in total. The fourth-order valence-corrected chi connectivity index (χ4v) is 3.58. The Bertz CT molecular complexity index is 784. The van der Waals surface area contributed by atoms with Gasteiger partial charge in [0.15, 0.2) is 11.5 Å². The minimum absolute atomic E-state index is 0.0145. The molecule has 0 spiro atoms. The molecule has 0 aromatic heterocycles. The Hall–Kier alpha value is -2.80. The number of benzene rings is 1. The third kappa shape index (κ3) is 9.06. The molecular weight excluding hydrogens is 464 g/mol. The molecule has 2 aliphatic heterocycles. The summed E-state index contributed by atoms with van der Waals surface area (Å²) in [5.74, 6) is 1.25. The van der Waals surface area contributed by atoms with Crippen LogP contribution < -0.4 is 9.47 Å². The Balaban J connectivity index is 1.69. The molecule has 0 unspecified atom stereocenters. The summed E-state index contributed by atoms with van der Waals surface area (Å²) in [5, 5.41) is 7.26. The highest BCUT2D eigenvalue weighted by Crippen LogP contribution is 2.26. The summed E-state index contributed by atoms with van der Waals surface area (Å²) in [4.78, 5) is 5.63. The van der Waals surface area contributed by atoms with Crippen LogP contribution >= 0.6 is 0 Å². The Labute approximate surface area is 202 Å². The number of azide groups is 2. The van der Waals surface area contributed by atoms with Crippen molar-refractivity contribution in [3.05, 3.63) is 45.2 Å². The van der Waals surface area contributed by atoms with Crippen molar-refractivity contribution in [1.82, 2.24) is 0 Å². The maximum absolute atomic E-state index is 8.78. The van der Waals surface area contributed by atoms with E-state index in [9.17, 15) is 0 Å². The standard InChI is InChI=1S/C21H30N6O8/c22-26-24-13-18-20-21(19(14-25-27-23)35-15-34-18)33-12-8-29-6-10-31-17-4-2-1-3-16(17)30-9-5-28-7-11-32-20/h1-4,18-21H,5-15H2/t18-,19+,20+,21-. The van der Waals surface area contributed by atoms with Crippen molar-refractivity contribution in [2.75, 3.05) is 72.7 Å². The van der Waals surface area contributed by atoms with Gasteiger partial charge in [0.25, 0.3) is 0 Å². The number of hydrogen-bond acceptors (Lipinski definition) is 10. The largest absolute Gasteiger partial charge is 0.487 e. The monoisotopic (exact) mass is 494 g/mol. The Morgan fingerprint density at radius 3 is 1.57 bits per heavy atom. The first-order chi connectivity index (χ1) is 17.3. The van der Waals surface area contributed by atoms with Crippen LogP contribution in [0.4, 0.5) is 0 Å². The molecule has 2 heterocycles. The first-order valence-corrected chi connectivity index (χ1v) is 11.3. The minimum atomic E-state index is -0.671. The summed E-state index contributed by atoms with van der Waals surface area (Å²) in [6.45, 7) is 2.26. The van der Waals surface area contributed by atoms with Crippen molar-refractivity contribution in [3.8, 4) is 11.5 Å². The van der Waals surface area contributed by atoms with Crippen molar-refractivity contribution in [3.63, 3.8) is 0 Å². The van der Waals surface area contributed by atoms with Gasteiger partial charge in [-0.15, -0.1) is 0 Å². The zero-order chi connectivity index (χ0) is 24.6. The maximum Gasteiger partial charge on any atom is 0.161 e. The molecule has 0 radical (unpaired) electrons. The molecule has 14 heteroatoms. The SMILES string of the molecule is [N-]=[N+]=NC[C@@H]1OCO[C@H](CN=[N+]=[N-])[C@@H]2OCCOCCOc3ccccc3OCCOCCO[C@@H]21. The molecule has 0 saturated carbocycles. The van der Waals surface area contributed by atoms with Crippen molar-refractivity contribution in [2.45, 2.75) is 24.4 Å². The summed E-state index contributed by atoms with van der Waals surface area (Å²) in [5.41, 5.74) is 17.6. The molecular formula is C21H30N6O8. The van der Waals surface area contributed by atoms with Crippen LogP contribution in [0.3, 0.4) is 0 Å². The molecule has 14 nitrogen and oxygen atoms in total. The maximum atomic E-state index is 8.78. The average molecular weight is 495 g/mol. The Morgan fingerprint density at radius 1 is 0.657 bits per heavy atom. The molecule has 192 valence electrons. The lowest BCUT2D eigenvalue weighted by Gasteiger charge is -2.32. The van der Waals surface area contributed by atoms with E-state index in [1.165, 1.54) is 0 Å². The molecule has 1 aromatic rings. The van der Waals surface area contributed by atoms with E-state index in [0.29, 0.717) is 37.9 Å². The lowest BCUT2D eigenvalue weighted by Crippen LogP contribution is -2.49. The molecule has 4 atom stereocenters. The van der Waals surface area contributed by atoms with E-state index in [0.717, 1.165) is 0 Å². The van der Waals surface area contributed by atoms with Crippen LogP contribution in [0.2, 0.25) is 0 Å². The second kappa shape index (κ2) is 16.0. The normalized spacial score (nSPS) is 27.0. The molecule has 1 aromatic carbocycles. The van der Waals surface area contributed by atoms with Gasteiger partial charge in [0, 0.05) is 9.82 Å². The van der Waals surface area contributed by atoms with Crippen molar-refractivity contribution < 1.29 is 37.9 Å². The summed E-state index contributed by atoms with van der Waals surface area (Å²) in [6.07, 6.45) is -2.61. The van der Waals surface area contributed by atoms with Gasteiger partial charge in [0.1, 0.15) is 32.2 Å². The van der Waals surface area contributed by atoms with Gasteiger partial charge in [-0.1, -0.05) is 22.4 Å². The van der Waals surface area contributed by atoms with Crippen molar-refractivity contribution in [2.24, 2.45) is 10.2 Å². The number of para-hydroxylation sites is 2. The quantitative estimate of drug-likeness (QED) is 0.349. The molecule has 0 aliphatic carbocycles. The van der Waals surface area contributed by atoms with E-state index in [-0.39, 0.29) is 46.3 Å². The third-order valence-corrected chi connectivity index (χ3v) is 5.17. The van der Waals surface area contributed by atoms with Crippen LogP contribution in [-0.4, -0.2) is 97.2 Å². The smallest absolute Gasteiger partial charge is 0.161 e. The van der Waals surface area contributed by atoms with Gasteiger partial charge < -0.3 is 37.9 Å². The second-order valence-electron chi connectivity index (χ2n) is 7.39. The first-order valence-electron chi connectivity index (χ1n) is 11.3. The summed E-state index contributed by atoms with van der Waals surface area (Å²) >= 11 is 0. The topological polar surface area (TPSA) is 171 Å². The van der Waals surface area contributed by atoms with Gasteiger partial charge >= 0.3 is 0 Å². The number of hydrogen-bond donors (Lipinski definition) is 0. The van der Waals surface area contributed by atoms with Crippen LogP contribution in [0.25, 0.3) is 20.9 Å². The van der Waals surface area contributed by atoms with E-state index < -0.39 is 24.4 Å². The van der Waals surface area contributed by atoms with E-state index >= 15 is 0 Å². The minimum Gasteiger partial charge on any atom is -0.487 e. The molecule has 3 rings (SSSR count). The van der Waals surface area contributed by atoms with Crippen LogP contribution in [0.5, 0.6) is 11.5 Å². The van der Waals surface area contributed by atoms with Gasteiger partial charge in [-0.3, -0.25) is 0 Å².